The summed E-state index contributed by atoms with van der Waals surface area (Å²) in [6.07, 6.45) is 2.67. The molecule has 0 fully saturated rings. The van der Waals surface area contributed by atoms with Gasteiger partial charge in [0.15, 0.2) is 5.78 Å². The SMILES string of the molecule is Cc1cc(C(=O)Cn2cc([N+](=O)[O-])ccc2=O)c(C)n1Cc1ccco1. The van der Waals surface area contributed by atoms with Gasteiger partial charge in [0.25, 0.3) is 11.2 Å². The molecule has 0 unspecified atom stereocenters. The van der Waals surface area contributed by atoms with Crippen molar-refractivity contribution >= 4 is 11.5 Å². The molecule has 0 aromatic carbocycles. The van der Waals surface area contributed by atoms with E-state index in [0.717, 1.165) is 40.0 Å². The van der Waals surface area contributed by atoms with E-state index in [0.29, 0.717) is 12.1 Å². The van der Waals surface area contributed by atoms with Crippen LogP contribution in [0.2, 0.25) is 0 Å². The predicted octanol–water partition coefficient (Wildman–Crippen LogP) is 2.70. The summed E-state index contributed by atoms with van der Waals surface area (Å²) in [4.78, 5) is 34.8. The first kappa shape index (κ1) is 17.4. The third-order valence-corrected chi connectivity index (χ3v) is 4.26. The Labute approximate surface area is 148 Å². The highest BCUT2D eigenvalue weighted by Gasteiger charge is 2.18. The van der Waals surface area contributed by atoms with E-state index in [4.69, 9.17) is 4.42 Å². The van der Waals surface area contributed by atoms with Crippen LogP contribution in [0, 0.1) is 24.0 Å². The maximum absolute atomic E-state index is 12.7. The van der Waals surface area contributed by atoms with Gasteiger partial charge in [-0.15, -0.1) is 0 Å². The number of furan rings is 1. The summed E-state index contributed by atoms with van der Waals surface area (Å²) in [5, 5.41) is 10.9. The van der Waals surface area contributed by atoms with Gasteiger partial charge in [-0.1, -0.05) is 0 Å². The molecule has 0 aliphatic carbocycles. The quantitative estimate of drug-likeness (QED) is 0.384. The molecular formula is C18H17N3O5. The molecule has 0 aliphatic rings. The summed E-state index contributed by atoms with van der Waals surface area (Å²) < 4.78 is 8.35. The lowest BCUT2D eigenvalue weighted by atomic mass is 10.1. The fraction of sp³-hybridized carbons (Fsp3) is 0.222. The summed E-state index contributed by atoms with van der Waals surface area (Å²) in [6, 6.07) is 7.61. The van der Waals surface area contributed by atoms with Crippen LogP contribution in [0.25, 0.3) is 0 Å². The van der Waals surface area contributed by atoms with Gasteiger partial charge in [0.1, 0.15) is 5.76 Å². The summed E-state index contributed by atoms with van der Waals surface area (Å²) in [5.74, 6) is 0.479. The number of rotatable bonds is 6. The number of pyridine rings is 1. The fourth-order valence-corrected chi connectivity index (χ4v) is 2.88. The molecule has 3 rings (SSSR count). The third kappa shape index (κ3) is 3.34. The second-order valence-electron chi connectivity index (χ2n) is 5.98. The van der Waals surface area contributed by atoms with Gasteiger partial charge in [0.05, 0.1) is 30.5 Å². The zero-order valence-electron chi connectivity index (χ0n) is 14.3. The molecular weight excluding hydrogens is 338 g/mol. The highest BCUT2D eigenvalue weighted by atomic mass is 16.6. The van der Waals surface area contributed by atoms with E-state index < -0.39 is 10.5 Å². The third-order valence-electron chi connectivity index (χ3n) is 4.26. The Balaban J connectivity index is 1.88. The number of hydrogen-bond donors (Lipinski definition) is 0. The molecule has 8 heteroatoms. The van der Waals surface area contributed by atoms with Crippen LogP contribution in [0.5, 0.6) is 0 Å². The molecule has 0 aliphatic heterocycles. The molecule has 3 aromatic rings. The van der Waals surface area contributed by atoms with Gasteiger partial charge in [0, 0.05) is 29.1 Å². The number of nitro groups is 1. The minimum absolute atomic E-state index is 0.235. The summed E-state index contributed by atoms with van der Waals surface area (Å²) in [5.41, 5.74) is 1.41. The summed E-state index contributed by atoms with van der Waals surface area (Å²) in [6.45, 7) is 3.94. The topological polar surface area (TPSA) is 100 Å². The van der Waals surface area contributed by atoms with E-state index in [1.807, 2.05) is 24.5 Å². The van der Waals surface area contributed by atoms with Gasteiger partial charge >= 0.3 is 0 Å². The first-order valence-corrected chi connectivity index (χ1v) is 7.94. The van der Waals surface area contributed by atoms with Crippen molar-refractivity contribution in [2.24, 2.45) is 0 Å². The second kappa shape index (κ2) is 6.83. The van der Waals surface area contributed by atoms with Crippen LogP contribution in [0.4, 0.5) is 5.69 Å². The lowest BCUT2D eigenvalue weighted by Crippen LogP contribution is -2.23. The normalized spacial score (nSPS) is 10.8. The monoisotopic (exact) mass is 355 g/mol. The Morgan fingerprint density at radius 3 is 2.69 bits per heavy atom. The zero-order chi connectivity index (χ0) is 18.8. The van der Waals surface area contributed by atoms with Crippen LogP contribution in [-0.4, -0.2) is 19.8 Å². The predicted molar refractivity (Wildman–Crippen MR) is 93.4 cm³/mol. The Hall–Kier alpha value is -3.42. The zero-order valence-corrected chi connectivity index (χ0v) is 14.3. The number of nitrogens with zero attached hydrogens (tertiary/aromatic N) is 3. The van der Waals surface area contributed by atoms with Crippen molar-refractivity contribution in [3.05, 3.63) is 86.0 Å². The van der Waals surface area contributed by atoms with Crippen LogP contribution in [-0.2, 0) is 13.1 Å². The standard InChI is InChI=1S/C18H17N3O5/c1-12-8-16(13(2)20(12)10-15-4-3-7-26-15)17(22)11-19-9-14(21(24)25)5-6-18(19)23/h3-9H,10-11H2,1-2H3. The number of Topliss-reactive ketones (excluding diaryl/α,β-unsaturated/α-hetero) is 1. The van der Waals surface area contributed by atoms with Gasteiger partial charge in [-0.3, -0.25) is 19.7 Å². The molecule has 0 amide bonds. The van der Waals surface area contributed by atoms with Crippen molar-refractivity contribution in [1.29, 1.82) is 0 Å². The van der Waals surface area contributed by atoms with Crippen LogP contribution >= 0.6 is 0 Å². The number of aromatic nitrogens is 2. The van der Waals surface area contributed by atoms with Crippen LogP contribution in [0.1, 0.15) is 27.5 Å². The van der Waals surface area contributed by atoms with E-state index >= 15 is 0 Å². The van der Waals surface area contributed by atoms with Gasteiger partial charge in [-0.25, -0.2) is 0 Å². The Kier molecular flexibility index (Phi) is 4.57. The maximum atomic E-state index is 12.7. The average molecular weight is 355 g/mol. The number of hydrogen-bond acceptors (Lipinski definition) is 5. The van der Waals surface area contributed by atoms with E-state index in [2.05, 4.69) is 0 Å². The highest BCUT2D eigenvalue weighted by molar-refractivity contribution is 5.97. The first-order valence-electron chi connectivity index (χ1n) is 7.94. The minimum atomic E-state index is -0.602. The molecule has 0 spiro atoms. The van der Waals surface area contributed by atoms with E-state index in [1.165, 1.54) is 0 Å². The van der Waals surface area contributed by atoms with Crippen molar-refractivity contribution < 1.29 is 14.1 Å². The van der Waals surface area contributed by atoms with Crippen molar-refractivity contribution in [2.75, 3.05) is 0 Å². The molecule has 26 heavy (non-hydrogen) atoms. The molecule has 0 saturated carbocycles. The molecule has 0 radical (unpaired) electrons. The van der Waals surface area contributed by atoms with Crippen molar-refractivity contribution in [2.45, 2.75) is 26.9 Å². The number of aryl methyl sites for hydroxylation is 1. The first-order chi connectivity index (χ1) is 12.4. The molecule has 0 N–H and O–H groups in total. The molecule has 0 bridgehead atoms. The van der Waals surface area contributed by atoms with Crippen LogP contribution < -0.4 is 5.56 Å². The van der Waals surface area contributed by atoms with E-state index in [9.17, 15) is 19.7 Å². The second-order valence-corrected chi connectivity index (χ2v) is 5.98. The number of carbonyl (C=O) groups is 1. The summed E-state index contributed by atoms with van der Waals surface area (Å²) >= 11 is 0. The molecule has 134 valence electrons. The van der Waals surface area contributed by atoms with Gasteiger partial charge in [-0.05, 0) is 32.0 Å². The average Bonchev–Trinajstić information content (AvgIpc) is 3.20. The Morgan fingerprint density at radius 1 is 1.27 bits per heavy atom. The van der Waals surface area contributed by atoms with Crippen LogP contribution in [0.3, 0.4) is 0 Å². The Bertz CT molecular complexity index is 1030. The van der Waals surface area contributed by atoms with Crippen molar-refractivity contribution in [3.8, 4) is 0 Å². The van der Waals surface area contributed by atoms with Crippen molar-refractivity contribution in [3.63, 3.8) is 0 Å². The van der Waals surface area contributed by atoms with Crippen LogP contribution in [0.15, 0.2) is 52.0 Å². The molecule has 0 saturated heterocycles. The number of carbonyl (C=O) groups excluding carboxylic acids is 1. The fourth-order valence-electron chi connectivity index (χ4n) is 2.88. The van der Waals surface area contributed by atoms with Gasteiger partial charge in [0.2, 0.25) is 0 Å². The molecule has 3 heterocycles. The largest absolute Gasteiger partial charge is 0.467 e. The van der Waals surface area contributed by atoms with E-state index in [-0.39, 0.29) is 18.0 Å². The van der Waals surface area contributed by atoms with Gasteiger partial charge < -0.3 is 13.6 Å². The number of ketones is 1. The smallest absolute Gasteiger partial charge is 0.285 e. The molecule has 3 aromatic heterocycles. The molecule has 0 atom stereocenters. The van der Waals surface area contributed by atoms with Crippen molar-refractivity contribution in [1.82, 2.24) is 9.13 Å². The lowest BCUT2D eigenvalue weighted by molar-refractivity contribution is -0.385. The molecule has 8 nitrogen and oxygen atoms in total. The lowest BCUT2D eigenvalue weighted by Gasteiger charge is -2.08. The summed E-state index contributed by atoms with van der Waals surface area (Å²) in [7, 11) is 0. The minimum Gasteiger partial charge on any atom is -0.467 e. The van der Waals surface area contributed by atoms with Gasteiger partial charge in [-0.2, -0.15) is 0 Å². The maximum Gasteiger partial charge on any atom is 0.285 e. The highest BCUT2D eigenvalue weighted by Crippen LogP contribution is 2.18. The Morgan fingerprint density at radius 2 is 2.04 bits per heavy atom. The van der Waals surface area contributed by atoms with E-state index in [1.54, 1.807) is 18.4 Å².